The van der Waals surface area contributed by atoms with E-state index in [4.69, 9.17) is 0 Å². The summed E-state index contributed by atoms with van der Waals surface area (Å²) < 4.78 is 26.8. The molecule has 0 amide bonds. The number of aryl methyl sites for hydroxylation is 1. The Balaban J connectivity index is 1.90. The number of aromatic nitrogens is 2. The highest BCUT2D eigenvalue weighted by molar-refractivity contribution is 7.89. The zero-order valence-electron chi connectivity index (χ0n) is 14.8. The molecule has 0 aliphatic heterocycles. The van der Waals surface area contributed by atoms with Gasteiger partial charge in [0.1, 0.15) is 0 Å². The van der Waals surface area contributed by atoms with Gasteiger partial charge in [0.25, 0.3) is 0 Å². The number of sulfonamides is 1. The third-order valence-corrected chi connectivity index (χ3v) is 6.00. The van der Waals surface area contributed by atoms with Crippen molar-refractivity contribution in [3.8, 4) is 0 Å². The van der Waals surface area contributed by atoms with Gasteiger partial charge in [0.15, 0.2) is 5.78 Å². The fourth-order valence-electron chi connectivity index (χ4n) is 2.61. The molecule has 0 fully saturated rings. The highest BCUT2D eigenvalue weighted by Crippen LogP contribution is 2.19. The minimum absolute atomic E-state index is 0.107. The Kier molecular flexibility index (Phi) is 4.84. The van der Waals surface area contributed by atoms with Crippen LogP contribution in [0.5, 0.6) is 0 Å². The summed E-state index contributed by atoms with van der Waals surface area (Å²) >= 11 is 0. The number of benzene rings is 2. The van der Waals surface area contributed by atoms with Crippen molar-refractivity contribution in [2.24, 2.45) is 0 Å². The van der Waals surface area contributed by atoms with Gasteiger partial charge in [0.05, 0.1) is 33.9 Å². The minimum Gasteiger partial charge on any atom is -0.295 e. The molecule has 0 aliphatic rings. The number of para-hydroxylation sites is 2. The van der Waals surface area contributed by atoms with Crippen LogP contribution in [0, 0.1) is 6.92 Å². The van der Waals surface area contributed by atoms with Gasteiger partial charge >= 0.3 is 0 Å². The van der Waals surface area contributed by atoms with Crippen LogP contribution in [0.3, 0.4) is 0 Å². The summed E-state index contributed by atoms with van der Waals surface area (Å²) in [6.45, 7) is 3.37. The zero-order valence-corrected chi connectivity index (χ0v) is 15.6. The van der Waals surface area contributed by atoms with Crippen molar-refractivity contribution in [2.45, 2.75) is 25.3 Å². The summed E-state index contributed by atoms with van der Waals surface area (Å²) in [7, 11) is -2.19. The lowest BCUT2D eigenvalue weighted by atomic mass is 10.2. The zero-order chi connectivity index (χ0) is 18.9. The number of carbonyl (C=O) groups is 1. The molecule has 3 aromatic rings. The second-order valence-corrected chi connectivity index (χ2v) is 8.13. The molecule has 0 bridgehead atoms. The van der Waals surface area contributed by atoms with E-state index in [1.165, 1.54) is 42.5 Å². The van der Waals surface area contributed by atoms with Gasteiger partial charge in [-0.25, -0.2) is 18.4 Å². The predicted octanol–water partition coefficient (Wildman–Crippen LogP) is 2.96. The van der Waals surface area contributed by atoms with E-state index in [9.17, 15) is 13.2 Å². The normalized spacial score (nSPS) is 11.8. The van der Waals surface area contributed by atoms with Gasteiger partial charge in [-0.2, -0.15) is 4.31 Å². The molecular weight excluding hydrogens is 350 g/mol. The van der Waals surface area contributed by atoms with Gasteiger partial charge < -0.3 is 0 Å². The van der Waals surface area contributed by atoms with E-state index in [1.54, 1.807) is 0 Å². The van der Waals surface area contributed by atoms with Crippen molar-refractivity contribution in [2.75, 3.05) is 7.05 Å². The van der Waals surface area contributed by atoms with E-state index in [0.29, 0.717) is 17.0 Å². The van der Waals surface area contributed by atoms with E-state index in [-0.39, 0.29) is 17.2 Å². The van der Waals surface area contributed by atoms with Crippen molar-refractivity contribution in [3.63, 3.8) is 0 Å². The summed E-state index contributed by atoms with van der Waals surface area (Å²) in [5.41, 5.74) is 3.28. The Morgan fingerprint density at radius 3 is 2.15 bits per heavy atom. The molecule has 7 heteroatoms. The molecule has 0 N–H and O–H groups in total. The number of nitrogens with zero attached hydrogens (tertiary/aromatic N) is 3. The maximum Gasteiger partial charge on any atom is 0.243 e. The second-order valence-electron chi connectivity index (χ2n) is 6.09. The first kappa shape index (κ1) is 18.2. The van der Waals surface area contributed by atoms with Gasteiger partial charge in [-0.05, 0) is 38.1 Å². The van der Waals surface area contributed by atoms with Crippen LogP contribution in [-0.4, -0.2) is 35.5 Å². The SMILES string of the molecule is CC(=O)c1ccc(S(=O)(=O)N(C)Cc2nc3ccccc3nc2C)cc1. The average Bonchev–Trinajstić information content (AvgIpc) is 2.62. The van der Waals surface area contributed by atoms with Crippen LogP contribution in [0.15, 0.2) is 53.4 Å². The number of hydrogen-bond donors (Lipinski definition) is 0. The molecule has 1 heterocycles. The molecule has 0 unspecified atom stereocenters. The molecule has 6 nitrogen and oxygen atoms in total. The van der Waals surface area contributed by atoms with Crippen molar-refractivity contribution in [1.29, 1.82) is 0 Å². The van der Waals surface area contributed by atoms with Crippen molar-refractivity contribution >= 4 is 26.8 Å². The lowest BCUT2D eigenvalue weighted by Crippen LogP contribution is -2.27. The molecule has 26 heavy (non-hydrogen) atoms. The van der Waals surface area contributed by atoms with E-state index < -0.39 is 10.0 Å². The first-order valence-electron chi connectivity index (χ1n) is 8.08. The maximum absolute atomic E-state index is 12.8. The summed E-state index contributed by atoms with van der Waals surface area (Å²) in [4.78, 5) is 20.5. The predicted molar refractivity (Wildman–Crippen MR) is 99.4 cm³/mol. The summed E-state index contributed by atoms with van der Waals surface area (Å²) in [5, 5.41) is 0. The molecule has 0 spiro atoms. The number of fused-ring (bicyclic) bond motifs is 1. The van der Waals surface area contributed by atoms with Crippen molar-refractivity contribution in [1.82, 2.24) is 14.3 Å². The highest BCUT2D eigenvalue weighted by Gasteiger charge is 2.22. The maximum atomic E-state index is 12.8. The first-order valence-corrected chi connectivity index (χ1v) is 9.52. The van der Waals surface area contributed by atoms with Crippen LogP contribution < -0.4 is 0 Å². The fourth-order valence-corrected chi connectivity index (χ4v) is 3.74. The average molecular weight is 369 g/mol. The number of Topliss-reactive ketones (excluding diaryl/α,β-unsaturated/α-hetero) is 1. The van der Waals surface area contributed by atoms with Gasteiger partial charge in [-0.1, -0.05) is 24.3 Å². The Bertz CT molecular complexity index is 1080. The third kappa shape index (κ3) is 3.49. The van der Waals surface area contributed by atoms with Gasteiger partial charge in [-0.3, -0.25) is 4.79 Å². The van der Waals surface area contributed by atoms with Crippen LogP contribution in [0.4, 0.5) is 0 Å². The fraction of sp³-hybridized carbons (Fsp3) is 0.211. The second kappa shape index (κ2) is 6.93. The van der Waals surface area contributed by atoms with Gasteiger partial charge in [-0.15, -0.1) is 0 Å². The number of hydrogen-bond acceptors (Lipinski definition) is 5. The highest BCUT2D eigenvalue weighted by atomic mass is 32.2. The summed E-state index contributed by atoms with van der Waals surface area (Å²) in [6.07, 6.45) is 0. The van der Waals surface area contributed by atoms with E-state index in [2.05, 4.69) is 9.97 Å². The van der Waals surface area contributed by atoms with E-state index in [1.807, 2.05) is 31.2 Å². The number of ketones is 1. The monoisotopic (exact) mass is 369 g/mol. The van der Waals surface area contributed by atoms with Crippen LogP contribution >= 0.6 is 0 Å². The topological polar surface area (TPSA) is 80.2 Å². The molecule has 2 aromatic carbocycles. The molecular formula is C19H19N3O3S. The number of carbonyl (C=O) groups excluding carboxylic acids is 1. The Morgan fingerprint density at radius 1 is 1.00 bits per heavy atom. The standard InChI is InChI=1S/C19H19N3O3S/c1-13-19(21-18-7-5-4-6-17(18)20-13)12-22(3)26(24,25)16-10-8-15(9-11-16)14(2)23/h4-11H,12H2,1-3H3. The van der Waals surface area contributed by atoms with Gasteiger partial charge in [0, 0.05) is 12.6 Å². The summed E-state index contributed by atoms with van der Waals surface area (Å²) in [5.74, 6) is -0.107. The molecule has 0 aliphatic carbocycles. The smallest absolute Gasteiger partial charge is 0.243 e. The quantitative estimate of drug-likeness (QED) is 0.646. The Hall–Kier alpha value is -2.64. The van der Waals surface area contributed by atoms with E-state index in [0.717, 1.165) is 11.0 Å². The Labute approximate surface area is 152 Å². The van der Waals surface area contributed by atoms with Crippen LogP contribution in [0.1, 0.15) is 28.7 Å². The third-order valence-electron chi connectivity index (χ3n) is 4.18. The van der Waals surface area contributed by atoms with Crippen LogP contribution in [0.2, 0.25) is 0 Å². The Morgan fingerprint density at radius 2 is 1.58 bits per heavy atom. The minimum atomic E-state index is -3.70. The van der Waals surface area contributed by atoms with Crippen LogP contribution in [0.25, 0.3) is 11.0 Å². The van der Waals surface area contributed by atoms with Crippen LogP contribution in [-0.2, 0) is 16.6 Å². The molecule has 134 valence electrons. The molecule has 0 radical (unpaired) electrons. The lowest BCUT2D eigenvalue weighted by molar-refractivity contribution is 0.101. The largest absolute Gasteiger partial charge is 0.295 e. The molecule has 0 atom stereocenters. The molecule has 1 aromatic heterocycles. The van der Waals surface area contributed by atoms with Crippen molar-refractivity contribution in [3.05, 3.63) is 65.5 Å². The van der Waals surface area contributed by atoms with E-state index >= 15 is 0 Å². The molecule has 0 saturated carbocycles. The van der Waals surface area contributed by atoms with Crippen molar-refractivity contribution < 1.29 is 13.2 Å². The molecule has 3 rings (SSSR count). The lowest BCUT2D eigenvalue weighted by Gasteiger charge is -2.18. The number of rotatable bonds is 5. The molecule has 0 saturated heterocycles. The van der Waals surface area contributed by atoms with Gasteiger partial charge in [0.2, 0.25) is 10.0 Å². The first-order chi connectivity index (χ1) is 12.3. The summed E-state index contributed by atoms with van der Waals surface area (Å²) in [6, 6.07) is 13.4.